The fraction of sp³-hybridized carbons (Fsp3) is 0.231. The van der Waals surface area contributed by atoms with Gasteiger partial charge in [0.2, 0.25) is 0 Å². The first kappa shape index (κ1) is 16.7. The Balaban J connectivity index is 2.22. The molecule has 0 atom stereocenters. The van der Waals surface area contributed by atoms with Crippen molar-refractivity contribution in [1.82, 2.24) is 4.98 Å². The summed E-state index contributed by atoms with van der Waals surface area (Å²) in [6.45, 7) is 3.11. The van der Waals surface area contributed by atoms with E-state index in [4.69, 9.17) is 11.6 Å². The largest absolute Gasteiger partial charge is 0.508 e. The number of halogens is 1. The quantitative estimate of drug-likeness (QED) is 0.873. The number of rotatable bonds is 4. The number of phenolic OH excluding ortho intramolecular Hbond substituents is 1. The average molecular weight is 361 g/mol. The van der Waals surface area contributed by atoms with Crippen LogP contribution in [-0.4, -0.2) is 29.7 Å². The van der Waals surface area contributed by atoms with Gasteiger partial charge in [0, 0.05) is 16.0 Å². The van der Waals surface area contributed by atoms with Gasteiger partial charge >= 0.3 is 0 Å². The summed E-state index contributed by atoms with van der Waals surface area (Å²) >= 11 is 6.77. The lowest BCUT2D eigenvalue weighted by molar-refractivity contribution is 0.102. The van der Waals surface area contributed by atoms with Gasteiger partial charge in [-0.3, -0.25) is 10.1 Å². The van der Waals surface area contributed by atoms with Crippen molar-refractivity contribution in [1.29, 1.82) is 0 Å². The van der Waals surface area contributed by atoms with Gasteiger partial charge in [0.05, 0.1) is 5.25 Å². The maximum atomic E-state index is 12.0. The summed E-state index contributed by atoms with van der Waals surface area (Å²) in [6.07, 6.45) is 0. The summed E-state index contributed by atoms with van der Waals surface area (Å²) in [5.41, 5.74) is 0.147. The zero-order chi connectivity index (χ0) is 16.5. The van der Waals surface area contributed by atoms with E-state index in [1.54, 1.807) is 13.8 Å². The summed E-state index contributed by atoms with van der Waals surface area (Å²) in [4.78, 5) is 16.0. The second-order valence-electron chi connectivity index (χ2n) is 4.74. The van der Waals surface area contributed by atoms with Gasteiger partial charge < -0.3 is 5.11 Å². The number of hydrogen-bond acceptors (Lipinski definition) is 6. The number of nitrogens with one attached hydrogen (secondary N) is 1. The van der Waals surface area contributed by atoms with Crippen LogP contribution in [0.5, 0.6) is 5.75 Å². The predicted molar refractivity (Wildman–Crippen MR) is 85.5 cm³/mol. The van der Waals surface area contributed by atoms with Crippen molar-refractivity contribution in [2.24, 2.45) is 0 Å². The fourth-order valence-corrected chi connectivity index (χ4v) is 3.80. The number of benzene rings is 1. The van der Waals surface area contributed by atoms with E-state index in [0.29, 0.717) is 0 Å². The summed E-state index contributed by atoms with van der Waals surface area (Å²) in [5.74, 6) is -0.680. The first-order valence-corrected chi connectivity index (χ1v) is 9.01. The van der Waals surface area contributed by atoms with E-state index in [-0.39, 0.29) is 26.5 Å². The number of aromatic nitrogens is 1. The highest BCUT2D eigenvalue weighted by Crippen LogP contribution is 2.24. The Bertz CT molecular complexity index is 795. The van der Waals surface area contributed by atoms with Gasteiger partial charge in [-0.05, 0) is 32.0 Å². The third-order valence-electron chi connectivity index (χ3n) is 2.76. The lowest BCUT2D eigenvalue weighted by atomic mass is 10.2. The van der Waals surface area contributed by atoms with Gasteiger partial charge in [0.25, 0.3) is 5.91 Å². The third-order valence-corrected chi connectivity index (χ3v) is 5.92. The van der Waals surface area contributed by atoms with Crippen molar-refractivity contribution in [2.75, 3.05) is 5.32 Å². The first-order valence-electron chi connectivity index (χ1n) is 6.20. The Morgan fingerprint density at radius 3 is 2.64 bits per heavy atom. The Kier molecular flexibility index (Phi) is 4.74. The van der Waals surface area contributed by atoms with E-state index in [2.05, 4.69) is 10.3 Å². The normalized spacial score (nSPS) is 11.6. The van der Waals surface area contributed by atoms with E-state index in [9.17, 15) is 18.3 Å². The maximum Gasteiger partial charge on any atom is 0.257 e. The highest BCUT2D eigenvalue weighted by atomic mass is 35.5. The minimum Gasteiger partial charge on any atom is -0.508 e. The molecule has 9 heteroatoms. The standard InChI is InChI=1S/C13H13ClN2O4S2/c1-7(2)22(19,20)11-6-21-13(15-11)16-12(18)8-3-9(14)5-10(17)4-8/h3-7,17H,1-2H3,(H,15,16,18). The number of carbonyl (C=O) groups is 1. The number of thiazole rings is 1. The molecule has 1 aromatic carbocycles. The second kappa shape index (κ2) is 6.23. The molecular formula is C13H13ClN2O4S2. The van der Waals surface area contributed by atoms with Gasteiger partial charge in [-0.15, -0.1) is 11.3 Å². The molecule has 2 N–H and O–H groups in total. The number of nitrogens with zero attached hydrogens (tertiary/aromatic N) is 1. The predicted octanol–water partition coefficient (Wildman–Crippen LogP) is 2.94. The molecule has 2 rings (SSSR count). The van der Waals surface area contributed by atoms with Crippen LogP contribution in [0.1, 0.15) is 24.2 Å². The zero-order valence-electron chi connectivity index (χ0n) is 11.7. The second-order valence-corrected chi connectivity index (χ2v) is 8.48. The Morgan fingerprint density at radius 1 is 1.36 bits per heavy atom. The van der Waals surface area contributed by atoms with Crippen LogP contribution >= 0.6 is 22.9 Å². The smallest absolute Gasteiger partial charge is 0.257 e. The van der Waals surface area contributed by atoms with Crippen molar-refractivity contribution in [3.63, 3.8) is 0 Å². The van der Waals surface area contributed by atoms with Crippen molar-refractivity contribution < 1.29 is 18.3 Å². The number of carbonyl (C=O) groups excluding carboxylic acids is 1. The molecule has 0 aliphatic heterocycles. The third kappa shape index (κ3) is 3.57. The van der Waals surface area contributed by atoms with Crippen molar-refractivity contribution >= 4 is 43.8 Å². The van der Waals surface area contributed by atoms with Gasteiger partial charge in [-0.25, -0.2) is 13.4 Å². The number of hydrogen-bond donors (Lipinski definition) is 2. The van der Waals surface area contributed by atoms with Gasteiger partial charge in [0.1, 0.15) is 5.75 Å². The molecule has 1 aromatic heterocycles. The molecule has 2 aromatic rings. The molecule has 0 aliphatic carbocycles. The molecule has 0 aliphatic rings. The van der Waals surface area contributed by atoms with E-state index < -0.39 is 21.0 Å². The van der Waals surface area contributed by atoms with E-state index in [1.165, 1.54) is 23.6 Å². The van der Waals surface area contributed by atoms with Crippen LogP contribution in [-0.2, 0) is 9.84 Å². The number of phenols is 1. The molecule has 118 valence electrons. The van der Waals surface area contributed by atoms with Crippen LogP contribution in [0.4, 0.5) is 5.13 Å². The monoisotopic (exact) mass is 360 g/mol. The molecule has 1 amide bonds. The van der Waals surface area contributed by atoms with Gasteiger partial charge in [0.15, 0.2) is 20.0 Å². The lowest BCUT2D eigenvalue weighted by Gasteiger charge is -2.04. The van der Waals surface area contributed by atoms with Crippen molar-refractivity contribution in [2.45, 2.75) is 24.1 Å². The molecule has 22 heavy (non-hydrogen) atoms. The van der Waals surface area contributed by atoms with Gasteiger partial charge in [-0.2, -0.15) is 0 Å². The van der Waals surface area contributed by atoms with Crippen LogP contribution in [0.3, 0.4) is 0 Å². The van der Waals surface area contributed by atoms with Crippen LogP contribution in [0.25, 0.3) is 0 Å². The number of sulfone groups is 1. The van der Waals surface area contributed by atoms with Crippen LogP contribution in [0.2, 0.25) is 5.02 Å². The summed E-state index contributed by atoms with van der Waals surface area (Å²) in [6, 6.07) is 3.94. The zero-order valence-corrected chi connectivity index (χ0v) is 14.1. The summed E-state index contributed by atoms with van der Waals surface area (Å²) in [7, 11) is -3.48. The molecule has 0 bridgehead atoms. The van der Waals surface area contributed by atoms with E-state index in [1.807, 2.05) is 0 Å². The van der Waals surface area contributed by atoms with E-state index in [0.717, 1.165) is 11.3 Å². The Hall–Kier alpha value is -1.64. The molecule has 1 heterocycles. The topological polar surface area (TPSA) is 96.4 Å². The molecule has 0 radical (unpaired) electrons. The Labute approximate surface area is 136 Å². The van der Waals surface area contributed by atoms with Crippen LogP contribution < -0.4 is 5.32 Å². The minimum absolute atomic E-state index is 0.0725. The van der Waals surface area contributed by atoms with Crippen LogP contribution in [0, 0.1) is 0 Å². The first-order chi connectivity index (χ1) is 10.2. The molecule has 0 fully saturated rings. The molecule has 0 spiro atoms. The van der Waals surface area contributed by atoms with Crippen molar-refractivity contribution in [3.8, 4) is 5.75 Å². The minimum atomic E-state index is -3.48. The maximum absolute atomic E-state index is 12.0. The number of aromatic hydroxyl groups is 1. The fourth-order valence-electron chi connectivity index (χ4n) is 1.56. The lowest BCUT2D eigenvalue weighted by Crippen LogP contribution is -2.15. The summed E-state index contributed by atoms with van der Waals surface area (Å²) in [5, 5.41) is 13.0. The number of anilines is 1. The average Bonchev–Trinajstić information content (AvgIpc) is 2.86. The van der Waals surface area contributed by atoms with Crippen LogP contribution in [0.15, 0.2) is 28.6 Å². The molecule has 0 saturated carbocycles. The highest BCUT2D eigenvalue weighted by Gasteiger charge is 2.23. The van der Waals surface area contributed by atoms with Gasteiger partial charge in [-0.1, -0.05) is 11.6 Å². The SMILES string of the molecule is CC(C)S(=O)(=O)c1csc(NC(=O)c2cc(O)cc(Cl)c2)n1. The molecule has 0 saturated heterocycles. The summed E-state index contributed by atoms with van der Waals surface area (Å²) < 4.78 is 23.9. The van der Waals surface area contributed by atoms with Crippen molar-refractivity contribution in [3.05, 3.63) is 34.2 Å². The molecule has 0 unspecified atom stereocenters. The molecule has 6 nitrogen and oxygen atoms in total. The van der Waals surface area contributed by atoms with E-state index >= 15 is 0 Å². The molecular weight excluding hydrogens is 348 g/mol. The Morgan fingerprint density at radius 2 is 2.05 bits per heavy atom. The highest BCUT2D eigenvalue weighted by molar-refractivity contribution is 7.92. The number of amides is 1.